The van der Waals surface area contributed by atoms with Crippen LogP contribution in [-0.4, -0.2) is 7.11 Å². The zero-order chi connectivity index (χ0) is 11.7. The Morgan fingerprint density at radius 1 is 1.19 bits per heavy atom. The minimum absolute atomic E-state index is 0.443. The first kappa shape index (κ1) is 11.3. The van der Waals surface area contributed by atoms with Crippen LogP contribution in [0.5, 0.6) is 5.75 Å². The van der Waals surface area contributed by atoms with Crippen molar-refractivity contribution in [3.63, 3.8) is 0 Å². The van der Waals surface area contributed by atoms with Gasteiger partial charge in [0.15, 0.2) is 0 Å². The lowest BCUT2D eigenvalue weighted by Gasteiger charge is -2.13. The fraction of sp³-hybridized carbons (Fsp3) is 0.286. The second kappa shape index (κ2) is 4.34. The topological polar surface area (TPSA) is 9.23 Å². The first-order chi connectivity index (χ1) is 7.63. The molecular weight excluding hydrogens is 220 g/mol. The molecule has 2 aromatic rings. The number of ether oxygens (including phenoxy) is 1. The van der Waals surface area contributed by atoms with Gasteiger partial charge in [-0.05, 0) is 35.1 Å². The molecule has 16 heavy (non-hydrogen) atoms. The summed E-state index contributed by atoms with van der Waals surface area (Å²) in [4.78, 5) is 0. The molecule has 2 heteroatoms. The summed E-state index contributed by atoms with van der Waals surface area (Å²) >= 11 is 6.16. The van der Waals surface area contributed by atoms with Crippen LogP contribution in [-0.2, 0) is 0 Å². The third-order valence-corrected chi connectivity index (χ3v) is 3.13. The predicted molar refractivity (Wildman–Crippen MR) is 69.6 cm³/mol. The van der Waals surface area contributed by atoms with E-state index in [1.54, 1.807) is 7.11 Å². The largest absolute Gasteiger partial charge is 0.496 e. The fourth-order valence-corrected chi connectivity index (χ4v) is 2.15. The summed E-state index contributed by atoms with van der Waals surface area (Å²) in [5.74, 6) is 1.36. The van der Waals surface area contributed by atoms with Gasteiger partial charge in [0, 0.05) is 10.4 Å². The van der Waals surface area contributed by atoms with Crippen molar-refractivity contribution in [3.8, 4) is 5.75 Å². The highest BCUT2D eigenvalue weighted by molar-refractivity contribution is 6.35. The lowest BCUT2D eigenvalue weighted by atomic mass is 9.98. The molecular formula is C14H15ClO. The number of hydrogen-bond acceptors (Lipinski definition) is 1. The number of halogens is 1. The molecule has 0 saturated heterocycles. The first-order valence-corrected chi connectivity index (χ1v) is 5.77. The number of fused-ring (bicyclic) bond motifs is 1. The summed E-state index contributed by atoms with van der Waals surface area (Å²) in [6, 6.07) is 10.1. The zero-order valence-electron chi connectivity index (χ0n) is 9.75. The van der Waals surface area contributed by atoms with Crippen molar-refractivity contribution in [2.45, 2.75) is 19.8 Å². The molecule has 84 valence electrons. The SMILES string of the molecule is COc1cc2c(Cl)cccc2cc1C(C)C. The third-order valence-electron chi connectivity index (χ3n) is 2.80. The summed E-state index contributed by atoms with van der Waals surface area (Å²) < 4.78 is 5.41. The molecule has 0 spiro atoms. The zero-order valence-corrected chi connectivity index (χ0v) is 10.5. The van der Waals surface area contributed by atoms with Gasteiger partial charge in [0.05, 0.1) is 7.11 Å². The average Bonchev–Trinajstić information content (AvgIpc) is 2.28. The Bertz CT molecular complexity index is 517. The standard InChI is InChI=1S/C14H15ClO/c1-9(2)11-7-10-5-4-6-13(15)12(10)8-14(11)16-3/h4-9H,1-3H3. The van der Waals surface area contributed by atoms with Crippen LogP contribution in [0.3, 0.4) is 0 Å². The van der Waals surface area contributed by atoms with Crippen molar-refractivity contribution in [2.75, 3.05) is 7.11 Å². The van der Waals surface area contributed by atoms with E-state index in [1.807, 2.05) is 18.2 Å². The van der Waals surface area contributed by atoms with Crippen LogP contribution in [0.25, 0.3) is 10.8 Å². The number of methoxy groups -OCH3 is 1. The fourth-order valence-electron chi connectivity index (χ4n) is 1.91. The van der Waals surface area contributed by atoms with Gasteiger partial charge in [-0.25, -0.2) is 0 Å². The van der Waals surface area contributed by atoms with E-state index in [1.165, 1.54) is 5.56 Å². The maximum Gasteiger partial charge on any atom is 0.123 e. The molecule has 0 atom stereocenters. The highest BCUT2D eigenvalue weighted by Crippen LogP contribution is 2.34. The lowest BCUT2D eigenvalue weighted by Crippen LogP contribution is -1.94. The smallest absolute Gasteiger partial charge is 0.123 e. The molecule has 0 saturated carbocycles. The van der Waals surface area contributed by atoms with Gasteiger partial charge in [0.2, 0.25) is 0 Å². The van der Waals surface area contributed by atoms with Crippen molar-refractivity contribution < 1.29 is 4.74 Å². The van der Waals surface area contributed by atoms with E-state index in [-0.39, 0.29) is 0 Å². The van der Waals surface area contributed by atoms with Gasteiger partial charge in [-0.15, -0.1) is 0 Å². The molecule has 0 aliphatic rings. The monoisotopic (exact) mass is 234 g/mol. The Morgan fingerprint density at radius 2 is 1.94 bits per heavy atom. The van der Waals surface area contributed by atoms with Crippen LogP contribution < -0.4 is 4.74 Å². The van der Waals surface area contributed by atoms with Gasteiger partial charge in [0.25, 0.3) is 0 Å². The number of hydrogen-bond donors (Lipinski definition) is 0. The summed E-state index contributed by atoms with van der Waals surface area (Å²) in [5.41, 5.74) is 1.22. The van der Waals surface area contributed by atoms with Gasteiger partial charge >= 0.3 is 0 Å². The van der Waals surface area contributed by atoms with E-state index in [0.29, 0.717) is 5.92 Å². The maximum atomic E-state index is 6.16. The quantitative estimate of drug-likeness (QED) is 0.737. The molecule has 0 amide bonds. The van der Waals surface area contributed by atoms with E-state index in [9.17, 15) is 0 Å². The van der Waals surface area contributed by atoms with Crippen LogP contribution in [0.15, 0.2) is 30.3 Å². The van der Waals surface area contributed by atoms with E-state index in [4.69, 9.17) is 16.3 Å². The van der Waals surface area contributed by atoms with Crippen molar-refractivity contribution in [2.24, 2.45) is 0 Å². The molecule has 1 nitrogen and oxygen atoms in total. The van der Waals surface area contributed by atoms with Crippen LogP contribution >= 0.6 is 11.6 Å². The Balaban J connectivity index is 2.75. The van der Waals surface area contributed by atoms with Crippen molar-refractivity contribution in [3.05, 3.63) is 40.9 Å². The van der Waals surface area contributed by atoms with Crippen LogP contribution in [0.4, 0.5) is 0 Å². The molecule has 0 aliphatic carbocycles. The summed E-state index contributed by atoms with van der Waals surface area (Å²) in [5, 5.41) is 2.98. The molecule has 0 N–H and O–H groups in total. The summed E-state index contributed by atoms with van der Waals surface area (Å²) in [6.45, 7) is 4.32. The van der Waals surface area contributed by atoms with Gasteiger partial charge in [0.1, 0.15) is 5.75 Å². The Morgan fingerprint density at radius 3 is 2.56 bits per heavy atom. The van der Waals surface area contributed by atoms with E-state index in [0.717, 1.165) is 21.5 Å². The Hall–Kier alpha value is -1.21. The molecule has 2 aromatic carbocycles. The second-order valence-corrected chi connectivity index (χ2v) is 4.62. The predicted octanol–water partition coefficient (Wildman–Crippen LogP) is 4.63. The van der Waals surface area contributed by atoms with Gasteiger partial charge in [-0.1, -0.05) is 37.6 Å². The number of benzene rings is 2. The lowest BCUT2D eigenvalue weighted by molar-refractivity contribution is 0.408. The number of rotatable bonds is 2. The second-order valence-electron chi connectivity index (χ2n) is 4.21. The third kappa shape index (κ3) is 1.88. The molecule has 0 radical (unpaired) electrons. The maximum absolute atomic E-state index is 6.16. The minimum Gasteiger partial charge on any atom is -0.496 e. The van der Waals surface area contributed by atoms with E-state index >= 15 is 0 Å². The molecule has 0 aromatic heterocycles. The van der Waals surface area contributed by atoms with E-state index < -0.39 is 0 Å². The highest BCUT2D eigenvalue weighted by Gasteiger charge is 2.10. The van der Waals surface area contributed by atoms with Gasteiger partial charge in [-0.2, -0.15) is 0 Å². The normalized spacial score (nSPS) is 11.1. The molecule has 2 rings (SSSR count). The van der Waals surface area contributed by atoms with Crippen molar-refractivity contribution in [1.82, 2.24) is 0 Å². The first-order valence-electron chi connectivity index (χ1n) is 5.39. The minimum atomic E-state index is 0.443. The Kier molecular flexibility index (Phi) is 3.06. The molecule has 0 aliphatic heterocycles. The molecule has 0 fully saturated rings. The summed E-state index contributed by atoms with van der Waals surface area (Å²) in [7, 11) is 1.70. The Labute approximate surface area is 101 Å². The molecule has 0 heterocycles. The average molecular weight is 235 g/mol. The molecule has 0 bridgehead atoms. The highest BCUT2D eigenvalue weighted by atomic mass is 35.5. The van der Waals surface area contributed by atoms with Crippen LogP contribution in [0.2, 0.25) is 5.02 Å². The van der Waals surface area contributed by atoms with Crippen LogP contribution in [0, 0.1) is 0 Å². The van der Waals surface area contributed by atoms with Gasteiger partial charge in [-0.3, -0.25) is 0 Å². The van der Waals surface area contributed by atoms with E-state index in [2.05, 4.69) is 26.0 Å². The van der Waals surface area contributed by atoms with Gasteiger partial charge < -0.3 is 4.74 Å². The van der Waals surface area contributed by atoms with Crippen molar-refractivity contribution >= 4 is 22.4 Å². The molecule has 0 unspecified atom stereocenters. The van der Waals surface area contributed by atoms with Crippen molar-refractivity contribution in [1.29, 1.82) is 0 Å². The van der Waals surface area contributed by atoms with Crippen LogP contribution in [0.1, 0.15) is 25.3 Å². The summed E-state index contributed by atoms with van der Waals surface area (Å²) in [6.07, 6.45) is 0.